The molecule has 2 aliphatic heterocycles. The zero-order chi connectivity index (χ0) is 23.5. The lowest BCUT2D eigenvalue weighted by Gasteiger charge is -2.36. The van der Waals surface area contributed by atoms with Crippen molar-refractivity contribution in [3.8, 4) is 0 Å². The molecule has 2 fully saturated rings. The molecule has 1 aromatic carbocycles. The Morgan fingerprint density at radius 3 is 2.35 bits per heavy atom. The lowest BCUT2D eigenvalue weighted by Crippen LogP contribution is -2.49. The Bertz CT molecular complexity index is 1160. The summed E-state index contributed by atoms with van der Waals surface area (Å²) >= 11 is 0. The van der Waals surface area contributed by atoms with Crippen LogP contribution < -0.4 is 15.4 Å². The van der Waals surface area contributed by atoms with Crippen LogP contribution in [-0.4, -0.2) is 78.0 Å². The number of anilines is 2. The number of furan rings is 1. The van der Waals surface area contributed by atoms with Crippen molar-refractivity contribution in [3.05, 3.63) is 76.1 Å². The average molecular weight is 463 g/mol. The van der Waals surface area contributed by atoms with Gasteiger partial charge in [-0.15, -0.1) is 0 Å². The summed E-state index contributed by atoms with van der Waals surface area (Å²) in [5.74, 6) is 0.819. The molecule has 0 saturated carbocycles. The fraction of sp³-hybridized carbons (Fsp3) is 0.400. The number of benzene rings is 1. The highest BCUT2D eigenvalue weighted by atomic mass is 16.3. The number of carbonyl (C=O) groups is 1. The molecule has 5 rings (SSSR count). The number of amides is 1. The normalized spacial score (nSPS) is 17.3. The molecule has 2 saturated heterocycles. The maximum absolute atomic E-state index is 12.5. The van der Waals surface area contributed by atoms with Crippen molar-refractivity contribution in [1.82, 2.24) is 19.8 Å². The first kappa shape index (κ1) is 22.2. The number of aromatic amines is 1. The highest BCUT2D eigenvalue weighted by Crippen LogP contribution is 2.18. The summed E-state index contributed by atoms with van der Waals surface area (Å²) in [5.41, 5.74) is 3.15. The van der Waals surface area contributed by atoms with Crippen LogP contribution in [0.25, 0.3) is 0 Å². The number of aromatic nitrogens is 2. The molecule has 9 heteroatoms. The number of piperazine rings is 2. The second-order valence-corrected chi connectivity index (χ2v) is 8.92. The molecule has 3 aromatic rings. The number of H-pyrrole nitrogens is 1. The third-order valence-corrected chi connectivity index (χ3v) is 6.54. The maximum atomic E-state index is 12.5. The van der Waals surface area contributed by atoms with Gasteiger partial charge in [-0.25, -0.2) is 4.98 Å². The third-order valence-electron chi connectivity index (χ3n) is 6.54. The number of aryl methyl sites for hydroxylation is 1. The molecule has 0 bridgehead atoms. The monoisotopic (exact) mass is 462 g/mol. The molecular formula is C25H30N6O3. The number of hydrogen-bond acceptors (Lipinski definition) is 7. The Balaban J connectivity index is 1.17. The molecule has 2 aliphatic rings. The molecule has 0 unspecified atom stereocenters. The van der Waals surface area contributed by atoms with Gasteiger partial charge in [-0.05, 0) is 31.2 Å². The summed E-state index contributed by atoms with van der Waals surface area (Å²) in [4.78, 5) is 41.0. The van der Waals surface area contributed by atoms with E-state index in [9.17, 15) is 9.59 Å². The standard InChI is InChI=1S/C25H30N6O3/c1-19-4-6-21(7-5-19)29-10-8-28(9-11-29)18-20-17-23(32)27-25(26-20)31-14-12-30(13-15-31)24(33)22-3-2-16-34-22/h2-7,16-17H,8-15,18H2,1H3,(H,26,27,32). The van der Waals surface area contributed by atoms with Crippen LogP contribution in [-0.2, 0) is 6.54 Å². The first-order valence-electron chi connectivity index (χ1n) is 11.8. The van der Waals surface area contributed by atoms with Gasteiger partial charge in [0, 0.05) is 70.7 Å². The molecule has 0 atom stereocenters. The van der Waals surface area contributed by atoms with Crippen LogP contribution in [0.4, 0.5) is 11.6 Å². The van der Waals surface area contributed by atoms with E-state index >= 15 is 0 Å². The van der Waals surface area contributed by atoms with Crippen molar-refractivity contribution in [2.45, 2.75) is 13.5 Å². The summed E-state index contributed by atoms with van der Waals surface area (Å²) < 4.78 is 5.23. The highest BCUT2D eigenvalue weighted by Gasteiger charge is 2.25. The van der Waals surface area contributed by atoms with Gasteiger partial charge < -0.3 is 19.1 Å². The molecule has 0 radical (unpaired) electrons. The van der Waals surface area contributed by atoms with Crippen LogP contribution in [0.3, 0.4) is 0 Å². The Labute approximate surface area is 198 Å². The van der Waals surface area contributed by atoms with Gasteiger partial charge in [0.25, 0.3) is 11.5 Å². The number of rotatable bonds is 5. The zero-order valence-corrected chi connectivity index (χ0v) is 19.4. The Morgan fingerprint density at radius 2 is 1.68 bits per heavy atom. The van der Waals surface area contributed by atoms with Crippen molar-refractivity contribution in [2.75, 3.05) is 62.2 Å². The van der Waals surface area contributed by atoms with E-state index < -0.39 is 0 Å². The van der Waals surface area contributed by atoms with Gasteiger partial charge in [0.15, 0.2) is 5.76 Å². The molecule has 1 N–H and O–H groups in total. The van der Waals surface area contributed by atoms with E-state index in [0.29, 0.717) is 44.4 Å². The second kappa shape index (κ2) is 9.72. The first-order chi connectivity index (χ1) is 16.5. The largest absolute Gasteiger partial charge is 0.459 e. The summed E-state index contributed by atoms with van der Waals surface area (Å²) in [6.45, 7) is 8.80. The predicted octanol–water partition coefficient (Wildman–Crippen LogP) is 1.96. The number of nitrogens with zero attached hydrogens (tertiary/aromatic N) is 5. The van der Waals surface area contributed by atoms with E-state index in [0.717, 1.165) is 31.9 Å². The van der Waals surface area contributed by atoms with Crippen LogP contribution in [0.1, 0.15) is 21.8 Å². The molecule has 1 amide bonds. The van der Waals surface area contributed by atoms with Gasteiger partial charge >= 0.3 is 0 Å². The zero-order valence-electron chi connectivity index (χ0n) is 19.4. The highest BCUT2D eigenvalue weighted by molar-refractivity contribution is 5.91. The lowest BCUT2D eigenvalue weighted by atomic mass is 10.2. The molecule has 178 valence electrons. The SMILES string of the molecule is Cc1ccc(N2CCN(Cc3cc(=O)[nH]c(N4CCN(C(=O)c5ccco5)CC4)n3)CC2)cc1. The van der Waals surface area contributed by atoms with Crippen molar-refractivity contribution in [3.63, 3.8) is 0 Å². The molecule has 0 spiro atoms. The van der Waals surface area contributed by atoms with E-state index in [1.165, 1.54) is 17.5 Å². The van der Waals surface area contributed by atoms with Crippen LogP contribution in [0, 0.1) is 6.92 Å². The smallest absolute Gasteiger partial charge is 0.289 e. The Morgan fingerprint density at radius 1 is 0.971 bits per heavy atom. The summed E-state index contributed by atoms with van der Waals surface area (Å²) in [5, 5.41) is 0. The molecular weight excluding hydrogens is 432 g/mol. The van der Waals surface area contributed by atoms with Crippen molar-refractivity contribution >= 4 is 17.5 Å². The minimum atomic E-state index is -0.146. The average Bonchev–Trinajstić information content (AvgIpc) is 3.40. The minimum absolute atomic E-state index is 0.107. The summed E-state index contributed by atoms with van der Waals surface area (Å²) in [6.07, 6.45) is 1.51. The van der Waals surface area contributed by atoms with Gasteiger partial charge in [0.1, 0.15) is 0 Å². The van der Waals surface area contributed by atoms with E-state index in [1.54, 1.807) is 23.1 Å². The Kier molecular flexibility index (Phi) is 6.35. The minimum Gasteiger partial charge on any atom is -0.459 e. The fourth-order valence-corrected chi connectivity index (χ4v) is 4.55. The van der Waals surface area contributed by atoms with Crippen LogP contribution in [0.15, 0.2) is 57.9 Å². The molecule has 0 aliphatic carbocycles. The summed E-state index contributed by atoms with van der Waals surface area (Å²) in [6, 6.07) is 13.6. The van der Waals surface area contributed by atoms with Crippen molar-refractivity contribution in [2.24, 2.45) is 0 Å². The van der Waals surface area contributed by atoms with Crippen molar-refractivity contribution in [1.29, 1.82) is 0 Å². The number of hydrogen-bond donors (Lipinski definition) is 1. The van der Waals surface area contributed by atoms with Crippen LogP contribution >= 0.6 is 0 Å². The maximum Gasteiger partial charge on any atom is 0.289 e. The quantitative estimate of drug-likeness (QED) is 0.620. The molecule has 34 heavy (non-hydrogen) atoms. The fourth-order valence-electron chi connectivity index (χ4n) is 4.55. The first-order valence-corrected chi connectivity index (χ1v) is 11.8. The van der Waals surface area contributed by atoms with E-state index in [1.807, 2.05) is 4.90 Å². The van der Waals surface area contributed by atoms with Gasteiger partial charge in [-0.2, -0.15) is 0 Å². The van der Waals surface area contributed by atoms with E-state index in [4.69, 9.17) is 9.40 Å². The Hall–Kier alpha value is -3.59. The van der Waals surface area contributed by atoms with Gasteiger partial charge in [0.2, 0.25) is 5.95 Å². The van der Waals surface area contributed by atoms with Gasteiger partial charge in [-0.1, -0.05) is 17.7 Å². The van der Waals surface area contributed by atoms with Crippen LogP contribution in [0.2, 0.25) is 0 Å². The lowest BCUT2D eigenvalue weighted by molar-refractivity contribution is 0.0714. The van der Waals surface area contributed by atoms with Gasteiger partial charge in [0.05, 0.1) is 12.0 Å². The van der Waals surface area contributed by atoms with Crippen LogP contribution in [0.5, 0.6) is 0 Å². The molecule has 2 aromatic heterocycles. The molecule has 4 heterocycles. The topological polar surface area (TPSA) is 88.9 Å². The van der Waals surface area contributed by atoms with E-state index in [-0.39, 0.29) is 11.5 Å². The third kappa shape index (κ3) is 4.99. The van der Waals surface area contributed by atoms with Crippen molar-refractivity contribution < 1.29 is 9.21 Å². The predicted molar refractivity (Wildman–Crippen MR) is 130 cm³/mol. The number of carbonyl (C=O) groups excluding carboxylic acids is 1. The summed E-state index contributed by atoms with van der Waals surface area (Å²) in [7, 11) is 0. The molecule has 9 nitrogen and oxygen atoms in total. The second-order valence-electron chi connectivity index (χ2n) is 8.92. The van der Waals surface area contributed by atoms with Gasteiger partial charge in [-0.3, -0.25) is 19.5 Å². The van der Waals surface area contributed by atoms with E-state index in [2.05, 4.69) is 46.0 Å². The number of nitrogens with one attached hydrogen (secondary N) is 1.